The van der Waals surface area contributed by atoms with Gasteiger partial charge in [-0.2, -0.15) is 0 Å². The molecule has 0 unspecified atom stereocenters. The third-order valence-electron chi connectivity index (χ3n) is 12.0. The van der Waals surface area contributed by atoms with Crippen LogP contribution in [0.3, 0.4) is 0 Å². The van der Waals surface area contributed by atoms with Crippen molar-refractivity contribution in [3.05, 3.63) is 193 Å². The molecule has 1 aliphatic carbocycles. The summed E-state index contributed by atoms with van der Waals surface area (Å²) >= 11 is 0. The number of benzene rings is 10. The average Bonchev–Trinajstić information content (AvgIpc) is 3.44. The van der Waals surface area contributed by atoms with E-state index in [0.29, 0.717) is 0 Å². The van der Waals surface area contributed by atoms with E-state index in [-0.39, 0.29) is 5.41 Å². The molecule has 0 fully saturated rings. The molecule has 0 saturated heterocycles. The topological polar surface area (TPSA) is 0 Å². The van der Waals surface area contributed by atoms with Gasteiger partial charge in [0, 0.05) is 5.41 Å². The molecule has 1 aliphatic rings. The second-order valence-electron chi connectivity index (χ2n) is 15.3. The quantitative estimate of drug-likeness (QED) is 0.164. The summed E-state index contributed by atoms with van der Waals surface area (Å²) in [5.41, 5.74) is 12.9. The minimum absolute atomic E-state index is 0.110. The van der Waals surface area contributed by atoms with E-state index in [1.807, 2.05) is 0 Å². The molecule has 0 aromatic heterocycles. The maximum atomic E-state index is 2.44. The van der Waals surface area contributed by atoms with Crippen molar-refractivity contribution in [3.8, 4) is 44.5 Å². The highest BCUT2D eigenvalue weighted by Crippen LogP contribution is 2.51. The molecule has 0 heterocycles. The van der Waals surface area contributed by atoms with Crippen LogP contribution >= 0.6 is 0 Å². The van der Waals surface area contributed by atoms with Crippen LogP contribution < -0.4 is 0 Å². The van der Waals surface area contributed by atoms with Crippen molar-refractivity contribution < 1.29 is 0 Å². The molecule has 0 amide bonds. The van der Waals surface area contributed by atoms with E-state index in [2.05, 4.69) is 196 Å². The highest BCUT2D eigenvalue weighted by molar-refractivity contribution is 6.29. The van der Waals surface area contributed by atoms with Gasteiger partial charge in [0.05, 0.1) is 0 Å². The Morgan fingerprint density at radius 3 is 1.55 bits per heavy atom. The van der Waals surface area contributed by atoms with E-state index < -0.39 is 0 Å². The van der Waals surface area contributed by atoms with Gasteiger partial charge in [-0.05, 0) is 128 Å². The van der Waals surface area contributed by atoms with Crippen LogP contribution in [0.4, 0.5) is 0 Å². The molecule has 0 heteroatoms. The molecule has 10 aromatic rings. The van der Waals surface area contributed by atoms with E-state index in [4.69, 9.17) is 0 Å². The lowest BCUT2D eigenvalue weighted by Gasteiger charge is -2.23. The second-order valence-corrected chi connectivity index (χ2v) is 15.3. The molecular formula is C53H36. The summed E-state index contributed by atoms with van der Waals surface area (Å²) in [7, 11) is 0. The molecule has 53 heavy (non-hydrogen) atoms. The Morgan fingerprint density at radius 2 is 0.792 bits per heavy atom. The van der Waals surface area contributed by atoms with E-state index in [9.17, 15) is 0 Å². The fourth-order valence-corrected chi connectivity index (χ4v) is 9.34. The Labute approximate surface area is 309 Å². The summed E-state index contributed by atoms with van der Waals surface area (Å²) in [6.07, 6.45) is 0. The Bertz CT molecular complexity index is 3120. The Morgan fingerprint density at radius 1 is 0.283 bits per heavy atom. The first kappa shape index (κ1) is 30.2. The SMILES string of the molecule is CC1(C)c2cc(-c3ccc(-c4cc5ccc6ccc7ccccc7c6c5c5ccccc45)cc3)ccc2-c2ccc(-c3cccc4ccccc34)cc21. The van der Waals surface area contributed by atoms with Crippen LogP contribution in [-0.2, 0) is 5.41 Å². The van der Waals surface area contributed by atoms with Gasteiger partial charge in [0.15, 0.2) is 0 Å². The zero-order valence-electron chi connectivity index (χ0n) is 29.8. The Kier molecular flexibility index (Phi) is 6.40. The zero-order chi connectivity index (χ0) is 35.3. The number of hydrogen-bond donors (Lipinski definition) is 0. The van der Waals surface area contributed by atoms with Gasteiger partial charge in [0.2, 0.25) is 0 Å². The standard InChI is InChI=1S/C53H36/c1-53(2)49-31-38(26-28-45(49)46-29-27-39(32-50(46)53)42-17-9-12-34-10-3-5-13-41(34)42)33-18-20-36(21-19-33)48-30-40-25-24-37-23-22-35-11-4-6-14-43(35)51(37)52(40)47-16-8-7-15-44(47)48/h3-32H,1-2H3. The van der Waals surface area contributed by atoms with Crippen LogP contribution in [0.2, 0.25) is 0 Å². The molecule has 10 aromatic carbocycles. The molecule has 11 rings (SSSR count). The fraction of sp³-hybridized carbons (Fsp3) is 0.0566. The van der Waals surface area contributed by atoms with Gasteiger partial charge in [-0.3, -0.25) is 0 Å². The van der Waals surface area contributed by atoms with Crippen molar-refractivity contribution in [2.75, 3.05) is 0 Å². The van der Waals surface area contributed by atoms with Crippen LogP contribution in [-0.4, -0.2) is 0 Å². The highest BCUT2D eigenvalue weighted by Gasteiger charge is 2.36. The van der Waals surface area contributed by atoms with Crippen molar-refractivity contribution >= 4 is 53.9 Å². The number of fused-ring (bicyclic) bond motifs is 11. The zero-order valence-corrected chi connectivity index (χ0v) is 29.8. The molecular weight excluding hydrogens is 637 g/mol. The molecule has 0 atom stereocenters. The third kappa shape index (κ3) is 4.49. The van der Waals surface area contributed by atoms with Crippen molar-refractivity contribution in [1.82, 2.24) is 0 Å². The van der Waals surface area contributed by atoms with E-state index in [1.54, 1.807) is 0 Å². The monoisotopic (exact) mass is 672 g/mol. The molecule has 0 radical (unpaired) electrons. The average molecular weight is 673 g/mol. The molecule has 0 spiro atoms. The van der Waals surface area contributed by atoms with E-state index in [1.165, 1.54) is 109 Å². The lowest BCUT2D eigenvalue weighted by atomic mass is 9.80. The maximum absolute atomic E-state index is 2.44. The summed E-state index contributed by atoms with van der Waals surface area (Å²) in [6.45, 7) is 4.77. The second kappa shape index (κ2) is 11.2. The summed E-state index contributed by atoms with van der Waals surface area (Å²) in [6, 6.07) is 67.9. The largest absolute Gasteiger partial charge is 0.0616 e. The Hall–Kier alpha value is -6.50. The van der Waals surface area contributed by atoms with Gasteiger partial charge < -0.3 is 0 Å². The molecule has 0 saturated carbocycles. The minimum atomic E-state index is -0.110. The van der Waals surface area contributed by atoms with Crippen molar-refractivity contribution in [2.45, 2.75) is 19.3 Å². The lowest BCUT2D eigenvalue weighted by molar-refractivity contribution is 0.661. The van der Waals surface area contributed by atoms with Crippen LogP contribution in [0.15, 0.2) is 182 Å². The Balaban J connectivity index is 0.984. The van der Waals surface area contributed by atoms with Crippen LogP contribution in [0.25, 0.3) is 98.4 Å². The van der Waals surface area contributed by atoms with Gasteiger partial charge in [-0.15, -0.1) is 0 Å². The minimum Gasteiger partial charge on any atom is -0.0616 e. The maximum Gasteiger partial charge on any atom is 0.0159 e. The van der Waals surface area contributed by atoms with Gasteiger partial charge in [-0.25, -0.2) is 0 Å². The molecule has 0 bridgehead atoms. The molecule has 248 valence electrons. The molecule has 0 nitrogen and oxygen atoms in total. The van der Waals surface area contributed by atoms with Crippen LogP contribution in [0.1, 0.15) is 25.0 Å². The fourth-order valence-electron chi connectivity index (χ4n) is 9.34. The van der Waals surface area contributed by atoms with Gasteiger partial charge in [0.25, 0.3) is 0 Å². The summed E-state index contributed by atoms with van der Waals surface area (Å²) in [5.74, 6) is 0. The number of rotatable bonds is 3. The predicted molar refractivity (Wildman–Crippen MR) is 228 cm³/mol. The highest BCUT2D eigenvalue weighted by atomic mass is 14.4. The van der Waals surface area contributed by atoms with Gasteiger partial charge in [0.1, 0.15) is 0 Å². The van der Waals surface area contributed by atoms with Crippen LogP contribution in [0, 0.1) is 0 Å². The molecule has 0 aliphatic heterocycles. The van der Waals surface area contributed by atoms with E-state index >= 15 is 0 Å². The van der Waals surface area contributed by atoms with Gasteiger partial charge >= 0.3 is 0 Å². The first-order valence-corrected chi connectivity index (χ1v) is 18.7. The van der Waals surface area contributed by atoms with Gasteiger partial charge in [-0.1, -0.05) is 178 Å². The summed E-state index contributed by atoms with van der Waals surface area (Å²) < 4.78 is 0. The van der Waals surface area contributed by atoms with E-state index in [0.717, 1.165) is 0 Å². The van der Waals surface area contributed by atoms with Crippen LogP contribution in [0.5, 0.6) is 0 Å². The number of hydrogen-bond acceptors (Lipinski definition) is 0. The first-order chi connectivity index (χ1) is 26.0. The lowest BCUT2D eigenvalue weighted by Crippen LogP contribution is -2.15. The van der Waals surface area contributed by atoms with Crippen molar-refractivity contribution in [2.24, 2.45) is 0 Å². The normalized spacial score (nSPS) is 13.2. The third-order valence-corrected chi connectivity index (χ3v) is 12.0. The summed E-state index contributed by atoms with van der Waals surface area (Å²) in [5, 5.41) is 13.0. The van der Waals surface area contributed by atoms with Crippen molar-refractivity contribution in [3.63, 3.8) is 0 Å². The smallest absolute Gasteiger partial charge is 0.0159 e. The first-order valence-electron chi connectivity index (χ1n) is 18.7. The predicted octanol–water partition coefficient (Wildman–Crippen LogP) is 14.8. The van der Waals surface area contributed by atoms with Crippen molar-refractivity contribution in [1.29, 1.82) is 0 Å². The molecule has 0 N–H and O–H groups in total. The summed E-state index contributed by atoms with van der Waals surface area (Å²) in [4.78, 5) is 0.